The summed E-state index contributed by atoms with van der Waals surface area (Å²) in [5.41, 5.74) is 2.55. The highest BCUT2D eigenvalue weighted by Crippen LogP contribution is 2.20. The number of esters is 1. The van der Waals surface area contributed by atoms with Gasteiger partial charge in [0.1, 0.15) is 12.1 Å². The monoisotopic (exact) mass is 331 g/mol. The predicted molar refractivity (Wildman–Crippen MR) is 96.1 cm³/mol. The summed E-state index contributed by atoms with van der Waals surface area (Å²) in [5, 5.41) is 2.25. The lowest BCUT2D eigenvalue weighted by Crippen LogP contribution is -2.06. The molecule has 0 aliphatic carbocycles. The summed E-state index contributed by atoms with van der Waals surface area (Å²) in [5.74, 6) is 0.304. The zero-order valence-corrected chi connectivity index (χ0v) is 13.6. The lowest BCUT2D eigenvalue weighted by Gasteiger charge is -2.07. The van der Waals surface area contributed by atoms with Gasteiger partial charge in [-0.25, -0.2) is 4.98 Å². The first-order valence-electron chi connectivity index (χ1n) is 8.26. The molecule has 0 aliphatic rings. The number of carbonyl (C=O) groups excluding carboxylic acids is 1. The minimum Gasteiger partial charge on any atom is -0.461 e. The number of aromatic nitrogens is 1. The number of nitrogens with zero attached hydrogens (tertiary/aromatic N) is 1. The molecule has 4 aromatic rings. The molecule has 1 aromatic heterocycles. The third-order valence-corrected chi connectivity index (χ3v) is 4.15. The van der Waals surface area contributed by atoms with Gasteiger partial charge >= 0.3 is 5.97 Å². The van der Waals surface area contributed by atoms with Crippen LogP contribution in [0.15, 0.2) is 71.1 Å². The molecule has 0 fully saturated rings. The molecule has 0 unspecified atom stereocenters. The smallest absolute Gasteiger partial charge is 0.306 e. The van der Waals surface area contributed by atoms with Crippen molar-refractivity contribution in [2.75, 3.05) is 0 Å². The van der Waals surface area contributed by atoms with E-state index in [4.69, 9.17) is 9.15 Å². The second-order valence-electron chi connectivity index (χ2n) is 5.87. The Labute approximate surface area is 145 Å². The van der Waals surface area contributed by atoms with Gasteiger partial charge < -0.3 is 9.15 Å². The third-order valence-electron chi connectivity index (χ3n) is 4.15. The van der Waals surface area contributed by atoms with E-state index in [9.17, 15) is 4.79 Å². The number of fused-ring (bicyclic) bond motifs is 2. The van der Waals surface area contributed by atoms with Crippen LogP contribution in [0.1, 0.15) is 17.9 Å². The lowest BCUT2D eigenvalue weighted by atomic mass is 10.1. The second kappa shape index (κ2) is 6.77. The number of para-hydroxylation sites is 2. The molecule has 0 amide bonds. The van der Waals surface area contributed by atoms with Crippen molar-refractivity contribution in [2.24, 2.45) is 0 Å². The SMILES string of the molecule is O=C(CCc1nc2ccccc2o1)OCc1cccc2ccccc12. The average molecular weight is 331 g/mol. The molecule has 0 spiro atoms. The summed E-state index contributed by atoms with van der Waals surface area (Å²) in [6, 6.07) is 21.6. The van der Waals surface area contributed by atoms with Crippen molar-refractivity contribution in [3.63, 3.8) is 0 Å². The Morgan fingerprint density at radius 1 is 0.960 bits per heavy atom. The minimum atomic E-state index is -0.254. The Bertz CT molecular complexity index is 997. The Morgan fingerprint density at radius 2 is 1.76 bits per heavy atom. The van der Waals surface area contributed by atoms with Gasteiger partial charge in [-0.15, -0.1) is 0 Å². The Kier molecular flexibility index (Phi) is 4.17. The van der Waals surface area contributed by atoms with Crippen LogP contribution in [0.2, 0.25) is 0 Å². The minimum absolute atomic E-state index is 0.248. The van der Waals surface area contributed by atoms with Crippen LogP contribution in [0.5, 0.6) is 0 Å². The van der Waals surface area contributed by atoms with E-state index >= 15 is 0 Å². The molecule has 0 radical (unpaired) electrons. The van der Waals surface area contributed by atoms with Crippen LogP contribution in [0.3, 0.4) is 0 Å². The fourth-order valence-electron chi connectivity index (χ4n) is 2.88. The quantitative estimate of drug-likeness (QED) is 0.499. The molecule has 0 N–H and O–H groups in total. The van der Waals surface area contributed by atoms with Crippen molar-refractivity contribution in [3.05, 3.63) is 78.2 Å². The van der Waals surface area contributed by atoms with Gasteiger partial charge in [0.15, 0.2) is 11.5 Å². The predicted octanol–water partition coefficient (Wildman–Crippen LogP) is 4.66. The van der Waals surface area contributed by atoms with Crippen LogP contribution in [-0.4, -0.2) is 11.0 Å². The van der Waals surface area contributed by atoms with Gasteiger partial charge in [0.25, 0.3) is 0 Å². The van der Waals surface area contributed by atoms with Crippen molar-refractivity contribution >= 4 is 27.8 Å². The maximum absolute atomic E-state index is 12.0. The van der Waals surface area contributed by atoms with E-state index in [1.165, 1.54) is 0 Å². The first-order valence-corrected chi connectivity index (χ1v) is 8.26. The lowest BCUT2D eigenvalue weighted by molar-refractivity contribution is -0.144. The van der Waals surface area contributed by atoms with Crippen LogP contribution in [0.4, 0.5) is 0 Å². The molecule has 4 heteroatoms. The van der Waals surface area contributed by atoms with Gasteiger partial charge in [-0.3, -0.25) is 4.79 Å². The zero-order chi connectivity index (χ0) is 17.1. The molecule has 4 nitrogen and oxygen atoms in total. The summed E-state index contributed by atoms with van der Waals surface area (Å²) >= 11 is 0. The van der Waals surface area contributed by atoms with Gasteiger partial charge in [0.2, 0.25) is 0 Å². The van der Waals surface area contributed by atoms with Crippen LogP contribution < -0.4 is 0 Å². The Hall–Kier alpha value is -3.14. The molecule has 3 aromatic carbocycles. The zero-order valence-electron chi connectivity index (χ0n) is 13.6. The fourth-order valence-corrected chi connectivity index (χ4v) is 2.88. The van der Waals surface area contributed by atoms with E-state index in [0.717, 1.165) is 27.4 Å². The van der Waals surface area contributed by atoms with Crippen LogP contribution in [0, 0.1) is 0 Å². The number of rotatable bonds is 5. The van der Waals surface area contributed by atoms with Crippen molar-refractivity contribution in [2.45, 2.75) is 19.4 Å². The molecule has 0 bridgehead atoms. The molecule has 0 saturated carbocycles. The van der Waals surface area contributed by atoms with Gasteiger partial charge in [0.05, 0.1) is 6.42 Å². The summed E-state index contributed by atoms with van der Waals surface area (Å²) in [4.78, 5) is 16.4. The van der Waals surface area contributed by atoms with E-state index in [2.05, 4.69) is 4.98 Å². The van der Waals surface area contributed by atoms with Gasteiger partial charge in [0, 0.05) is 6.42 Å². The van der Waals surface area contributed by atoms with Gasteiger partial charge in [-0.1, -0.05) is 54.6 Å². The molecular formula is C21H17NO3. The largest absolute Gasteiger partial charge is 0.461 e. The summed E-state index contributed by atoms with van der Waals surface area (Å²) in [7, 11) is 0. The maximum Gasteiger partial charge on any atom is 0.306 e. The van der Waals surface area contributed by atoms with E-state index < -0.39 is 0 Å². The molecule has 124 valence electrons. The van der Waals surface area contributed by atoms with Crippen LogP contribution in [0.25, 0.3) is 21.9 Å². The number of benzene rings is 3. The highest BCUT2D eigenvalue weighted by molar-refractivity contribution is 5.85. The first-order chi connectivity index (χ1) is 12.3. The van der Waals surface area contributed by atoms with E-state index in [1.54, 1.807) is 0 Å². The summed E-state index contributed by atoms with van der Waals surface area (Å²) < 4.78 is 11.0. The van der Waals surface area contributed by atoms with Crippen molar-refractivity contribution < 1.29 is 13.9 Å². The molecule has 0 aliphatic heterocycles. The number of carbonyl (C=O) groups is 1. The summed E-state index contributed by atoms with van der Waals surface area (Å²) in [6.07, 6.45) is 0.681. The highest BCUT2D eigenvalue weighted by atomic mass is 16.5. The van der Waals surface area contributed by atoms with Crippen molar-refractivity contribution in [1.82, 2.24) is 4.98 Å². The number of hydrogen-bond donors (Lipinski definition) is 0. The van der Waals surface area contributed by atoms with Gasteiger partial charge in [-0.2, -0.15) is 0 Å². The third kappa shape index (κ3) is 3.38. The highest BCUT2D eigenvalue weighted by Gasteiger charge is 2.10. The van der Waals surface area contributed by atoms with E-state index in [-0.39, 0.29) is 19.0 Å². The average Bonchev–Trinajstić information content (AvgIpc) is 3.07. The van der Waals surface area contributed by atoms with E-state index in [1.807, 2.05) is 66.7 Å². The summed E-state index contributed by atoms with van der Waals surface area (Å²) in [6.45, 7) is 0.272. The topological polar surface area (TPSA) is 52.3 Å². The Morgan fingerprint density at radius 3 is 2.68 bits per heavy atom. The Balaban J connectivity index is 1.37. The van der Waals surface area contributed by atoms with Crippen LogP contribution >= 0.6 is 0 Å². The number of hydrogen-bond acceptors (Lipinski definition) is 4. The molecule has 0 saturated heterocycles. The fraction of sp³-hybridized carbons (Fsp3) is 0.143. The number of oxazole rings is 1. The van der Waals surface area contributed by atoms with Crippen LogP contribution in [-0.2, 0) is 22.6 Å². The molecular weight excluding hydrogens is 314 g/mol. The molecule has 25 heavy (non-hydrogen) atoms. The normalized spacial score (nSPS) is 11.0. The number of ether oxygens (including phenoxy) is 1. The molecule has 1 heterocycles. The maximum atomic E-state index is 12.0. The van der Waals surface area contributed by atoms with E-state index in [0.29, 0.717) is 12.3 Å². The van der Waals surface area contributed by atoms with Gasteiger partial charge in [-0.05, 0) is 28.5 Å². The standard InChI is InChI=1S/C21H17NO3/c23-21(13-12-20-22-18-10-3-4-11-19(18)25-20)24-14-16-8-5-7-15-6-1-2-9-17(15)16/h1-11H,12-14H2. The number of aryl methyl sites for hydroxylation is 1. The molecule has 4 rings (SSSR count). The van der Waals surface area contributed by atoms with Crippen molar-refractivity contribution in [1.29, 1.82) is 0 Å². The molecule has 0 atom stereocenters. The van der Waals surface area contributed by atoms with Crippen molar-refractivity contribution in [3.8, 4) is 0 Å². The second-order valence-corrected chi connectivity index (χ2v) is 5.87. The first kappa shape index (κ1) is 15.4.